The molecule has 100 valence electrons. The first kappa shape index (κ1) is 13.0. The van der Waals surface area contributed by atoms with Crippen LogP contribution in [-0.2, 0) is 4.74 Å². The second-order valence-corrected chi connectivity index (χ2v) is 4.37. The molecule has 1 fully saturated rings. The number of aromatic nitrogens is 2. The fourth-order valence-corrected chi connectivity index (χ4v) is 1.98. The summed E-state index contributed by atoms with van der Waals surface area (Å²) in [6, 6.07) is 2.14. The highest BCUT2D eigenvalue weighted by Gasteiger charge is 2.13. The second-order valence-electron chi connectivity index (χ2n) is 4.37. The van der Waals surface area contributed by atoms with Crippen LogP contribution in [0.4, 0.5) is 11.8 Å². The largest absolute Gasteiger partial charge is 0.379 e. The number of anilines is 2. The van der Waals surface area contributed by atoms with Crippen LogP contribution in [0.25, 0.3) is 0 Å². The molecule has 1 aromatic rings. The monoisotopic (exact) mass is 252 g/mol. The lowest BCUT2D eigenvalue weighted by Gasteiger charge is -2.29. The minimum absolute atomic E-state index is 0.309. The van der Waals surface area contributed by atoms with Crippen molar-refractivity contribution in [1.82, 2.24) is 14.9 Å². The number of hydrogen-bond acceptors (Lipinski definition) is 7. The van der Waals surface area contributed by atoms with E-state index in [0.29, 0.717) is 12.0 Å². The third-order valence-corrected chi connectivity index (χ3v) is 2.81. The summed E-state index contributed by atoms with van der Waals surface area (Å²) in [5.41, 5.74) is 2.43. The van der Waals surface area contributed by atoms with E-state index in [1.165, 1.54) is 0 Å². The highest BCUT2D eigenvalue weighted by Crippen LogP contribution is 2.07. The van der Waals surface area contributed by atoms with Crippen molar-refractivity contribution < 1.29 is 4.74 Å². The van der Waals surface area contributed by atoms with Gasteiger partial charge in [-0.15, -0.1) is 0 Å². The van der Waals surface area contributed by atoms with Gasteiger partial charge in [-0.3, -0.25) is 10.3 Å². The van der Waals surface area contributed by atoms with Gasteiger partial charge in [0, 0.05) is 31.9 Å². The van der Waals surface area contributed by atoms with E-state index >= 15 is 0 Å². The fourth-order valence-electron chi connectivity index (χ4n) is 1.98. The van der Waals surface area contributed by atoms with Gasteiger partial charge in [-0.05, 0) is 13.0 Å². The zero-order valence-electron chi connectivity index (χ0n) is 10.6. The van der Waals surface area contributed by atoms with Crippen molar-refractivity contribution >= 4 is 11.8 Å². The van der Waals surface area contributed by atoms with Gasteiger partial charge < -0.3 is 10.1 Å². The average molecular weight is 252 g/mol. The third-order valence-electron chi connectivity index (χ3n) is 2.81. The molecule has 0 radical (unpaired) electrons. The quantitative estimate of drug-likeness (QED) is 0.498. The summed E-state index contributed by atoms with van der Waals surface area (Å²) in [7, 11) is 0. The van der Waals surface area contributed by atoms with E-state index in [9.17, 15) is 0 Å². The Morgan fingerprint density at radius 3 is 3.00 bits per heavy atom. The van der Waals surface area contributed by atoms with Crippen LogP contribution in [0.1, 0.15) is 6.92 Å². The second kappa shape index (κ2) is 6.48. The Kier molecular flexibility index (Phi) is 4.68. The smallest absolute Gasteiger partial charge is 0.239 e. The molecule has 2 rings (SSSR count). The molecule has 1 saturated heterocycles. The molecule has 18 heavy (non-hydrogen) atoms. The maximum Gasteiger partial charge on any atom is 0.239 e. The van der Waals surface area contributed by atoms with E-state index < -0.39 is 0 Å². The summed E-state index contributed by atoms with van der Waals surface area (Å²) in [6.45, 7) is 6.73. The SMILES string of the molecule is CC(CN1CCOCC1)Nc1ccnc(NN)n1. The summed E-state index contributed by atoms with van der Waals surface area (Å²) in [4.78, 5) is 10.6. The first-order valence-corrected chi connectivity index (χ1v) is 6.14. The number of nitrogens with one attached hydrogen (secondary N) is 2. The number of hydrazine groups is 1. The van der Waals surface area contributed by atoms with E-state index in [0.717, 1.165) is 38.7 Å². The predicted molar refractivity (Wildman–Crippen MR) is 70.2 cm³/mol. The Bertz CT molecular complexity index is 368. The van der Waals surface area contributed by atoms with E-state index in [4.69, 9.17) is 10.6 Å². The lowest BCUT2D eigenvalue weighted by atomic mass is 10.3. The number of nitrogens with zero attached hydrogens (tertiary/aromatic N) is 3. The third kappa shape index (κ3) is 3.80. The Morgan fingerprint density at radius 1 is 1.50 bits per heavy atom. The molecule has 7 nitrogen and oxygen atoms in total. The molecule has 0 saturated carbocycles. The molecular formula is C11H20N6O. The van der Waals surface area contributed by atoms with Crippen molar-refractivity contribution in [2.45, 2.75) is 13.0 Å². The van der Waals surface area contributed by atoms with Crippen molar-refractivity contribution in [1.29, 1.82) is 0 Å². The molecule has 0 amide bonds. The lowest BCUT2D eigenvalue weighted by Crippen LogP contribution is -2.42. The van der Waals surface area contributed by atoms with Crippen molar-refractivity contribution in [2.24, 2.45) is 5.84 Å². The van der Waals surface area contributed by atoms with Gasteiger partial charge in [0.1, 0.15) is 5.82 Å². The van der Waals surface area contributed by atoms with Gasteiger partial charge in [0.05, 0.1) is 13.2 Å². The van der Waals surface area contributed by atoms with Gasteiger partial charge in [-0.1, -0.05) is 0 Å². The Labute approximate surface area is 107 Å². The van der Waals surface area contributed by atoms with E-state index in [1.54, 1.807) is 6.20 Å². The van der Waals surface area contributed by atoms with Gasteiger partial charge in [0.25, 0.3) is 0 Å². The van der Waals surface area contributed by atoms with Crippen molar-refractivity contribution in [3.8, 4) is 0 Å². The molecule has 0 aliphatic carbocycles. The molecule has 0 spiro atoms. The normalized spacial score (nSPS) is 18.3. The summed E-state index contributed by atoms with van der Waals surface area (Å²) in [5, 5.41) is 3.33. The number of rotatable bonds is 5. The van der Waals surface area contributed by atoms with Gasteiger partial charge in [-0.25, -0.2) is 10.8 Å². The molecule has 1 aromatic heterocycles. The Hall–Kier alpha value is -1.44. The summed E-state index contributed by atoms with van der Waals surface area (Å²) < 4.78 is 5.32. The molecule has 1 aliphatic heterocycles. The van der Waals surface area contributed by atoms with Crippen LogP contribution in [0, 0.1) is 0 Å². The van der Waals surface area contributed by atoms with E-state index in [1.807, 2.05) is 6.07 Å². The fraction of sp³-hybridized carbons (Fsp3) is 0.636. The van der Waals surface area contributed by atoms with Crippen LogP contribution in [0.5, 0.6) is 0 Å². The highest BCUT2D eigenvalue weighted by molar-refractivity contribution is 5.39. The maximum absolute atomic E-state index is 5.32. The maximum atomic E-state index is 5.32. The van der Waals surface area contributed by atoms with Crippen molar-refractivity contribution in [3.63, 3.8) is 0 Å². The standard InChI is InChI=1S/C11H20N6O/c1-9(8-17-4-6-18-7-5-17)14-10-2-3-13-11(15-10)16-12/h2-3,9H,4-8,12H2,1H3,(H2,13,14,15,16). The topological polar surface area (TPSA) is 88.3 Å². The Morgan fingerprint density at radius 2 is 2.28 bits per heavy atom. The zero-order chi connectivity index (χ0) is 12.8. The number of morpholine rings is 1. The molecule has 1 aliphatic rings. The Balaban J connectivity index is 1.83. The molecule has 1 unspecified atom stereocenters. The number of hydrogen-bond donors (Lipinski definition) is 3. The van der Waals surface area contributed by atoms with Crippen LogP contribution in [0.15, 0.2) is 12.3 Å². The molecule has 0 bridgehead atoms. The van der Waals surface area contributed by atoms with Gasteiger partial charge >= 0.3 is 0 Å². The minimum Gasteiger partial charge on any atom is -0.379 e. The number of nitrogen functional groups attached to an aromatic ring is 1. The zero-order valence-corrected chi connectivity index (χ0v) is 10.6. The first-order chi connectivity index (χ1) is 8.78. The molecule has 1 atom stereocenters. The summed E-state index contributed by atoms with van der Waals surface area (Å²) in [6.07, 6.45) is 1.67. The first-order valence-electron chi connectivity index (χ1n) is 6.14. The number of ether oxygens (including phenoxy) is 1. The van der Waals surface area contributed by atoms with E-state index in [2.05, 4.69) is 32.5 Å². The van der Waals surface area contributed by atoms with Crippen LogP contribution in [0.3, 0.4) is 0 Å². The van der Waals surface area contributed by atoms with Crippen LogP contribution in [-0.4, -0.2) is 53.8 Å². The highest BCUT2D eigenvalue weighted by atomic mass is 16.5. The molecule has 4 N–H and O–H groups in total. The lowest BCUT2D eigenvalue weighted by molar-refractivity contribution is 0.0368. The van der Waals surface area contributed by atoms with Crippen molar-refractivity contribution in [3.05, 3.63) is 12.3 Å². The molecule has 2 heterocycles. The predicted octanol–water partition coefficient (Wildman–Crippen LogP) is -0.105. The van der Waals surface area contributed by atoms with E-state index in [-0.39, 0.29) is 0 Å². The summed E-state index contributed by atoms with van der Waals surface area (Å²) >= 11 is 0. The van der Waals surface area contributed by atoms with Crippen LogP contribution < -0.4 is 16.6 Å². The molecule has 0 aromatic carbocycles. The molecular weight excluding hydrogens is 232 g/mol. The minimum atomic E-state index is 0.309. The van der Waals surface area contributed by atoms with Gasteiger partial charge in [-0.2, -0.15) is 4.98 Å². The van der Waals surface area contributed by atoms with Crippen LogP contribution in [0.2, 0.25) is 0 Å². The number of nitrogens with two attached hydrogens (primary N) is 1. The average Bonchev–Trinajstić information content (AvgIpc) is 2.40. The molecule has 7 heteroatoms. The van der Waals surface area contributed by atoms with Crippen molar-refractivity contribution in [2.75, 3.05) is 43.6 Å². The van der Waals surface area contributed by atoms with Gasteiger partial charge in [0.15, 0.2) is 0 Å². The summed E-state index contributed by atoms with van der Waals surface area (Å²) in [5.74, 6) is 6.47. The van der Waals surface area contributed by atoms with Gasteiger partial charge in [0.2, 0.25) is 5.95 Å². The van der Waals surface area contributed by atoms with Crippen LogP contribution >= 0.6 is 0 Å².